The van der Waals surface area contributed by atoms with E-state index in [4.69, 9.17) is 11.6 Å². The van der Waals surface area contributed by atoms with Crippen LogP contribution in [-0.4, -0.2) is 25.0 Å². The number of fused-ring (bicyclic) bond motifs is 1. The number of hydrogen-bond acceptors (Lipinski definition) is 4. The average Bonchev–Trinajstić information content (AvgIpc) is 2.74. The van der Waals surface area contributed by atoms with E-state index in [1.165, 1.54) is 12.5 Å². The SMILES string of the molecule is Clc1cncnc1-n1nnc2ccccc21. The van der Waals surface area contributed by atoms with Crippen molar-refractivity contribution < 1.29 is 0 Å². The molecule has 1 aromatic carbocycles. The van der Waals surface area contributed by atoms with Crippen LogP contribution in [-0.2, 0) is 0 Å². The van der Waals surface area contributed by atoms with Gasteiger partial charge in [0.1, 0.15) is 16.9 Å². The van der Waals surface area contributed by atoms with Crippen molar-refractivity contribution in [3.63, 3.8) is 0 Å². The summed E-state index contributed by atoms with van der Waals surface area (Å²) < 4.78 is 1.60. The Morgan fingerprint density at radius 2 is 2.06 bits per heavy atom. The second kappa shape index (κ2) is 3.53. The predicted octanol–water partition coefficient (Wildman–Crippen LogP) is 1.86. The van der Waals surface area contributed by atoms with Crippen LogP contribution in [0.3, 0.4) is 0 Å². The van der Waals surface area contributed by atoms with Crippen molar-refractivity contribution in [2.75, 3.05) is 0 Å². The van der Waals surface area contributed by atoms with Gasteiger partial charge in [-0.05, 0) is 12.1 Å². The molecule has 0 N–H and O–H groups in total. The lowest BCUT2D eigenvalue weighted by atomic mass is 10.3. The molecule has 0 saturated heterocycles. The van der Waals surface area contributed by atoms with Crippen molar-refractivity contribution in [2.24, 2.45) is 0 Å². The van der Waals surface area contributed by atoms with Gasteiger partial charge < -0.3 is 0 Å². The number of para-hydroxylation sites is 1. The Balaban J connectivity index is 2.31. The summed E-state index contributed by atoms with van der Waals surface area (Å²) in [4.78, 5) is 7.92. The van der Waals surface area contributed by atoms with Gasteiger partial charge in [0, 0.05) is 0 Å². The quantitative estimate of drug-likeness (QED) is 0.642. The first-order valence-electron chi connectivity index (χ1n) is 4.62. The maximum absolute atomic E-state index is 6.00. The molecule has 0 aliphatic carbocycles. The Kier molecular flexibility index (Phi) is 2.04. The van der Waals surface area contributed by atoms with Gasteiger partial charge >= 0.3 is 0 Å². The molecule has 16 heavy (non-hydrogen) atoms. The van der Waals surface area contributed by atoms with Crippen LogP contribution < -0.4 is 0 Å². The zero-order valence-corrected chi connectivity index (χ0v) is 8.83. The Hall–Kier alpha value is -2.01. The number of rotatable bonds is 1. The lowest BCUT2D eigenvalue weighted by Gasteiger charge is -2.01. The van der Waals surface area contributed by atoms with Crippen LogP contribution in [0, 0.1) is 0 Å². The van der Waals surface area contributed by atoms with Crippen LogP contribution in [0.15, 0.2) is 36.8 Å². The van der Waals surface area contributed by atoms with Crippen molar-refractivity contribution in [3.8, 4) is 5.82 Å². The maximum atomic E-state index is 6.00. The van der Waals surface area contributed by atoms with Crippen LogP contribution >= 0.6 is 11.6 Å². The molecule has 0 fully saturated rings. The number of hydrogen-bond donors (Lipinski definition) is 0. The van der Waals surface area contributed by atoms with E-state index in [2.05, 4.69) is 20.3 Å². The Morgan fingerprint density at radius 3 is 2.94 bits per heavy atom. The highest BCUT2D eigenvalue weighted by Gasteiger charge is 2.09. The highest BCUT2D eigenvalue weighted by Crippen LogP contribution is 2.19. The van der Waals surface area contributed by atoms with Gasteiger partial charge in [0.15, 0.2) is 5.82 Å². The topological polar surface area (TPSA) is 56.5 Å². The van der Waals surface area contributed by atoms with E-state index in [9.17, 15) is 0 Å². The van der Waals surface area contributed by atoms with Crippen molar-refractivity contribution >= 4 is 22.6 Å². The van der Waals surface area contributed by atoms with Crippen molar-refractivity contribution in [2.45, 2.75) is 0 Å². The molecule has 0 bridgehead atoms. The first-order chi connectivity index (χ1) is 7.86. The standard InChI is InChI=1S/C10H6ClN5/c11-7-5-12-6-13-10(7)16-9-4-2-1-3-8(9)14-15-16/h1-6H. The summed E-state index contributed by atoms with van der Waals surface area (Å²) in [5.41, 5.74) is 1.67. The molecule has 0 amide bonds. The Morgan fingerprint density at radius 1 is 1.19 bits per heavy atom. The van der Waals surface area contributed by atoms with E-state index >= 15 is 0 Å². The minimum atomic E-state index is 0.443. The molecule has 0 atom stereocenters. The molecule has 0 aliphatic rings. The first-order valence-corrected chi connectivity index (χ1v) is 5.00. The monoisotopic (exact) mass is 231 g/mol. The number of nitrogens with zero attached hydrogens (tertiary/aromatic N) is 5. The first kappa shape index (κ1) is 9.23. The van der Waals surface area contributed by atoms with Gasteiger partial charge in [-0.25, -0.2) is 9.97 Å². The van der Waals surface area contributed by atoms with Crippen LogP contribution in [0.4, 0.5) is 0 Å². The minimum absolute atomic E-state index is 0.443. The zero-order chi connectivity index (χ0) is 11.0. The van der Waals surface area contributed by atoms with Crippen LogP contribution in [0.25, 0.3) is 16.9 Å². The fourth-order valence-electron chi connectivity index (χ4n) is 1.49. The second-order valence-electron chi connectivity index (χ2n) is 3.18. The van der Waals surface area contributed by atoms with Crippen molar-refractivity contribution in [1.82, 2.24) is 25.0 Å². The van der Waals surface area contributed by atoms with Crippen LogP contribution in [0.1, 0.15) is 0 Å². The van der Waals surface area contributed by atoms with E-state index in [0.29, 0.717) is 10.8 Å². The maximum Gasteiger partial charge on any atom is 0.177 e. The third kappa shape index (κ3) is 1.33. The summed E-state index contributed by atoms with van der Waals surface area (Å²) in [6.45, 7) is 0. The van der Waals surface area contributed by atoms with Crippen molar-refractivity contribution in [1.29, 1.82) is 0 Å². The summed E-state index contributed by atoms with van der Waals surface area (Å²) in [6, 6.07) is 7.61. The van der Waals surface area contributed by atoms with E-state index < -0.39 is 0 Å². The zero-order valence-electron chi connectivity index (χ0n) is 8.08. The largest absolute Gasteiger partial charge is 0.243 e. The number of aromatic nitrogens is 5. The molecule has 0 aliphatic heterocycles. The van der Waals surface area contributed by atoms with Gasteiger partial charge in [0.05, 0.1) is 11.7 Å². The molecule has 0 saturated carbocycles. The van der Waals surface area contributed by atoms with Gasteiger partial charge in [-0.1, -0.05) is 28.9 Å². The van der Waals surface area contributed by atoms with Gasteiger partial charge in [0.2, 0.25) is 0 Å². The fourth-order valence-corrected chi connectivity index (χ4v) is 1.67. The Bertz CT molecular complexity index is 648. The van der Waals surface area contributed by atoms with Crippen molar-refractivity contribution in [3.05, 3.63) is 41.8 Å². The second-order valence-corrected chi connectivity index (χ2v) is 3.59. The van der Waals surface area contributed by atoms with Crippen LogP contribution in [0.5, 0.6) is 0 Å². The summed E-state index contributed by atoms with van der Waals surface area (Å²) in [6.07, 6.45) is 2.96. The van der Waals surface area contributed by atoms with Gasteiger partial charge in [0.25, 0.3) is 0 Å². The lowest BCUT2D eigenvalue weighted by molar-refractivity contribution is 0.797. The normalized spacial score (nSPS) is 10.8. The molecule has 0 unspecified atom stereocenters. The summed E-state index contributed by atoms with van der Waals surface area (Å²) >= 11 is 6.00. The third-order valence-corrected chi connectivity index (χ3v) is 2.47. The minimum Gasteiger partial charge on any atom is -0.243 e. The molecule has 5 nitrogen and oxygen atoms in total. The number of benzene rings is 1. The summed E-state index contributed by atoms with van der Waals surface area (Å²) in [5, 5.41) is 8.49. The number of halogens is 1. The molecule has 0 spiro atoms. The van der Waals surface area contributed by atoms with Crippen LogP contribution in [0.2, 0.25) is 5.02 Å². The molecule has 6 heteroatoms. The molecule has 0 radical (unpaired) electrons. The van der Waals surface area contributed by atoms with Gasteiger partial charge in [-0.3, -0.25) is 0 Å². The molecular formula is C10H6ClN5. The lowest BCUT2D eigenvalue weighted by Crippen LogP contribution is -2.00. The van der Waals surface area contributed by atoms with E-state index in [-0.39, 0.29) is 0 Å². The molecule has 3 aromatic rings. The smallest absolute Gasteiger partial charge is 0.177 e. The fraction of sp³-hybridized carbons (Fsp3) is 0. The third-order valence-electron chi connectivity index (χ3n) is 2.20. The summed E-state index contributed by atoms with van der Waals surface area (Å²) in [5.74, 6) is 0.533. The summed E-state index contributed by atoms with van der Waals surface area (Å²) in [7, 11) is 0. The molecule has 2 heterocycles. The molecule has 2 aromatic heterocycles. The van der Waals surface area contributed by atoms with E-state index in [0.717, 1.165) is 11.0 Å². The molecule has 3 rings (SSSR count). The van der Waals surface area contributed by atoms with Gasteiger partial charge in [-0.15, -0.1) is 5.10 Å². The molecular weight excluding hydrogens is 226 g/mol. The molecule has 78 valence electrons. The average molecular weight is 232 g/mol. The van der Waals surface area contributed by atoms with E-state index in [1.807, 2.05) is 24.3 Å². The highest BCUT2D eigenvalue weighted by atomic mass is 35.5. The van der Waals surface area contributed by atoms with E-state index in [1.54, 1.807) is 4.68 Å². The highest BCUT2D eigenvalue weighted by molar-refractivity contribution is 6.32. The Labute approximate surface area is 95.7 Å². The predicted molar refractivity (Wildman–Crippen MR) is 59.5 cm³/mol. The van der Waals surface area contributed by atoms with Gasteiger partial charge in [-0.2, -0.15) is 4.68 Å².